The fraction of sp³-hybridized carbons (Fsp3) is 0.231. The Labute approximate surface area is 114 Å². The highest BCUT2D eigenvalue weighted by Crippen LogP contribution is 2.36. The van der Waals surface area contributed by atoms with Crippen molar-refractivity contribution in [2.45, 2.75) is 6.92 Å². The van der Waals surface area contributed by atoms with Crippen LogP contribution in [-0.2, 0) is 4.79 Å². The molecule has 1 fully saturated rings. The molecular weight excluding hydrogens is 266 g/mol. The third kappa shape index (κ3) is 2.08. The molecule has 2 aliphatic rings. The van der Waals surface area contributed by atoms with Crippen molar-refractivity contribution in [2.75, 3.05) is 13.3 Å². The van der Waals surface area contributed by atoms with Crippen LogP contribution in [-0.4, -0.2) is 29.4 Å². The largest absolute Gasteiger partial charge is 0.454 e. The van der Waals surface area contributed by atoms with E-state index in [-0.39, 0.29) is 17.9 Å². The average Bonchev–Trinajstić information content (AvgIpc) is 2.95. The molecule has 98 valence electrons. The van der Waals surface area contributed by atoms with E-state index in [4.69, 9.17) is 9.47 Å². The molecule has 2 heterocycles. The van der Waals surface area contributed by atoms with Gasteiger partial charge in [0.15, 0.2) is 11.5 Å². The van der Waals surface area contributed by atoms with Crippen LogP contribution >= 0.6 is 11.8 Å². The molecule has 5 nitrogen and oxygen atoms in total. The Kier molecular flexibility index (Phi) is 2.94. The molecule has 19 heavy (non-hydrogen) atoms. The maximum atomic E-state index is 11.9. The predicted octanol–water partition coefficient (Wildman–Crippen LogP) is 2.47. The lowest BCUT2D eigenvalue weighted by Crippen LogP contribution is -2.27. The Morgan fingerprint density at radius 2 is 2.11 bits per heavy atom. The summed E-state index contributed by atoms with van der Waals surface area (Å²) in [5.74, 6) is 1.11. The van der Waals surface area contributed by atoms with Crippen LogP contribution < -0.4 is 9.47 Å². The molecule has 0 bridgehead atoms. The van der Waals surface area contributed by atoms with Gasteiger partial charge in [-0.2, -0.15) is 0 Å². The summed E-state index contributed by atoms with van der Waals surface area (Å²) in [6, 6.07) is 5.41. The zero-order chi connectivity index (χ0) is 13.4. The highest BCUT2D eigenvalue weighted by molar-refractivity contribution is 8.18. The normalized spacial score (nSPS) is 19.6. The number of thioether (sulfide) groups is 1. The Morgan fingerprint density at radius 3 is 2.84 bits per heavy atom. The standard InChI is InChI=1S/C13H11NO4S/c1-2-14-12(15)11(19-13(14)16)6-8-3-4-9-10(5-8)18-7-17-9/h3-6H,2,7H2,1H3. The Hall–Kier alpha value is -1.95. The first kappa shape index (κ1) is 12.1. The summed E-state index contributed by atoms with van der Waals surface area (Å²) in [7, 11) is 0. The van der Waals surface area contributed by atoms with Gasteiger partial charge in [-0.1, -0.05) is 6.07 Å². The molecule has 6 heteroatoms. The van der Waals surface area contributed by atoms with E-state index >= 15 is 0 Å². The van der Waals surface area contributed by atoms with Crippen molar-refractivity contribution < 1.29 is 19.1 Å². The number of hydrogen-bond acceptors (Lipinski definition) is 5. The summed E-state index contributed by atoms with van der Waals surface area (Å²) in [6.45, 7) is 2.38. The second kappa shape index (κ2) is 4.62. The van der Waals surface area contributed by atoms with Crippen molar-refractivity contribution in [3.05, 3.63) is 28.7 Å². The lowest BCUT2D eigenvalue weighted by atomic mass is 10.2. The maximum absolute atomic E-state index is 11.9. The predicted molar refractivity (Wildman–Crippen MR) is 70.9 cm³/mol. The summed E-state index contributed by atoms with van der Waals surface area (Å²) in [6.07, 6.45) is 1.70. The minimum Gasteiger partial charge on any atom is -0.454 e. The lowest BCUT2D eigenvalue weighted by Gasteiger charge is -2.06. The molecule has 0 radical (unpaired) electrons. The van der Waals surface area contributed by atoms with Gasteiger partial charge in [0.25, 0.3) is 11.1 Å². The molecule has 0 aromatic heterocycles. The maximum Gasteiger partial charge on any atom is 0.293 e. The molecule has 1 aromatic rings. The first-order chi connectivity index (χ1) is 9.19. The minimum absolute atomic E-state index is 0.213. The fourth-order valence-corrected chi connectivity index (χ4v) is 2.83. The Morgan fingerprint density at radius 1 is 1.32 bits per heavy atom. The van der Waals surface area contributed by atoms with Gasteiger partial charge in [-0.3, -0.25) is 14.5 Å². The molecule has 1 aromatic carbocycles. The third-order valence-electron chi connectivity index (χ3n) is 2.88. The quantitative estimate of drug-likeness (QED) is 0.777. The van der Waals surface area contributed by atoms with Crippen LogP contribution in [0.4, 0.5) is 4.79 Å². The van der Waals surface area contributed by atoms with Crippen LogP contribution in [0.5, 0.6) is 11.5 Å². The highest BCUT2D eigenvalue weighted by atomic mass is 32.2. The second-order valence-electron chi connectivity index (χ2n) is 4.04. The van der Waals surface area contributed by atoms with Crippen LogP contribution in [0.2, 0.25) is 0 Å². The zero-order valence-electron chi connectivity index (χ0n) is 10.2. The molecule has 0 unspecified atom stereocenters. The summed E-state index contributed by atoms with van der Waals surface area (Å²) < 4.78 is 10.5. The summed E-state index contributed by atoms with van der Waals surface area (Å²) in [5.41, 5.74) is 0.811. The monoisotopic (exact) mass is 277 g/mol. The van der Waals surface area contributed by atoms with E-state index in [2.05, 4.69) is 0 Å². The number of rotatable bonds is 2. The van der Waals surface area contributed by atoms with E-state index in [0.29, 0.717) is 22.9 Å². The number of ether oxygens (including phenoxy) is 2. The van der Waals surface area contributed by atoms with E-state index in [1.807, 2.05) is 6.07 Å². The van der Waals surface area contributed by atoms with Gasteiger partial charge in [0.1, 0.15) is 0 Å². The molecule has 2 amide bonds. The zero-order valence-corrected chi connectivity index (χ0v) is 11.0. The van der Waals surface area contributed by atoms with Gasteiger partial charge >= 0.3 is 0 Å². The number of carbonyl (C=O) groups excluding carboxylic acids is 2. The first-order valence-electron chi connectivity index (χ1n) is 5.84. The van der Waals surface area contributed by atoms with Crippen molar-refractivity contribution in [3.8, 4) is 11.5 Å². The van der Waals surface area contributed by atoms with Gasteiger partial charge in [0.05, 0.1) is 4.91 Å². The summed E-state index contributed by atoms with van der Waals surface area (Å²) in [4.78, 5) is 25.2. The molecule has 0 aliphatic carbocycles. The third-order valence-corrected chi connectivity index (χ3v) is 3.79. The topological polar surface area (TPSA) is 55.8 Å². The molecule has 1 saturated heterocycles. The molecule has 0 atom stereocenters. The fourth-order valence-electron chi connectivity index (χ4n) is 1.93. The number of hydrogen-bond donors (Lipinski definition) is 0. The molecule has 0 saturated carbocycles. The number of amides is 2. The van der Waals surface area contributed by atoms with Crippen LogP contribution in [0.3, 0.4) is 0 Å². The van der Waals surface area contributed by atoms with Gasteiger partial charge in [-0.05, 0) is 42.5 Å². The highest BCUT2D eigenvalue weighted by Gasteiger charge is 2.33. The SMILES string of the molecule is CCN1C(=O)SC(=Cc2ccc3c(c2)OCO3)C1=O. The number of carbonyl (C=O) groups is 2. The minimum atomic E-state index is -0.241. The van der Waals surface area contributed by atoms with Gasteiger partial charge in [-0.25, -0.2) is 0 Å². The second-order valence-corrected chi connectivity index (χ2v) is 5.03. The number of nitrogens with zero attached hydrogens (tertiary/aromatic N) is 1. The molecule has 3 rings (SSSR count). The van der Waals surface area contributed by atoms with E-state index in [0.717, 1.165) is 17.3 Å². The van der Waals surface area contributed by atoms with Crippen molar-refractivity contribution in [1.82, 2.24) is 4.90 Å². The van der Waals surface area contributed by atoms with Gasteiger partial charge < -0.3 is 9.47 Å². The molecule has 0 N–H and O–H groups in total. The Balaban J connectivity index is 1.90. The number of likely N-dealkylation sites (N-methyl/N-ethyl adjacent to an activating group) is 1. The molecule has 2 aliphatic heterocycles. The number of fused-ring (bicyclic) bond motifs is 1. The van der Waals surface area contributed by atoms with E-state index < -0.39 is 0 Å². The van der Waals surface area contributed by atoms with E-state index in [1.54, 1.807) is 25.1 Å². The van der Waals surface area contributed by atoms with Crippen molar-refractivity contribution in [1.29, 1.82) is 0 Å². The lowest BCUT2D eigenvalue weighted by molar-refractivity contribution is -0.122. The van der Waals surface area contributed by atoms with Gasteiger partial charge in [0.2, 0.25) is 6.79 Å². The number of imide groups is 1. The van der Waals surface area contributed by atoms with Crippen LogP contribution in [0.25, 0.3) is 6.08 Å². The summed E-state index contributed by atoms with van der Waals surface area (Å²) in [5, 5.41) is -0.223. The van der Waals surface area contributed by atoms with Crippen LogP contribution in [0.1, 0.15) is 12.5 Å². The molecule has 0 spiro atoms. The summed E-state index contributed by atoms with van der Waals surface area (Å²) >= 11 is 0.961. The smallest absolute Gasteiger partial charge is 0.293 e. The molecular formula is C13H11NO4S. The average molecular weight is 277 g/mol. The van der Waals surface area contributed by atoms with Gasteiger partial charge in [0, 0.05) is 6.54 Å². The van der Waals surface area contributed by atoms with Crippen molar-refractivity contribution in [3.63, 3.8) is 0 Å². The van der Waals surface area contributed by atoms with Crippen molar-refractivity contribution >= 4 is 29.0 Å². The van der Waals surface area contributed by atoms with Crippen molar-refractivity contribution in [2.24, 2.45) is 0 Å². The van der Waals surface area contributed by atoms with Crippen LogP contribution in [0, 0.1) is 0 Å². The van der Waals surface area contributed by atoms with Gasteiger partial charge in [-0.15, -0.1) is 0 Å². The first-order valence-corrected chi connectivity index (χ1v) is 6.65. The van der Waals surface area contributed by atoms with E-state index in [9.17, 15) is 9.59 Å². The van der Waals surface area contributed by atoms with Crippen LogP contribution in [0.15, 0.2) is 23.1 Å². The number of benzene rings is 1. The Bertz CT molecular complexity index is 596. The van der Waals surface area contributed by atoms with E-state index in [1.165, 1.54) is 4.90 Å².